The Morgan fingerprint density at radius 2 is 2.54 bits per heavy atom. The zero-order chi connectivity index (χ0) is 9.52. The van der Waals surface area contributed by atoms with Gasteiger partial charge in [-0.05, 0) is 11.4 Å². The summed E-state index contributed by atoms with van der Waals surface area (Å²) in [6.45, 7) is 0.466. The third-order valence-electron chi connectivity index (χ3n) is 1.31. The van der Waals surface area contributed by atoms with Gasteiger partial charge in [-0.3, -0.25) is 10.2 Å². The normalized spacial score (nSPS) is 9.15. The fourth-order valence-electron chi connectivity index (χ4n) is 0.731. The van der Waals surface area contributed by atoms with Gasteiger partial charge in [-0.1, -0.05) is 6.07 Å². The quantitative estimate of drug-likeness (QED) is 0.554. The molecule has 2 N–H and O–H groups in total. The second-order valence-electron chi connectivity index (χ2n) is 2.27. The molecule has 0 bridgehead atoms. The summed E-state index contributed by atoms with van der Waals surface area (Å²) in [5.74, 6) is -0.159. The molecule has 0 unspecified atom stereocenters. The molecule has 0 radical (unpaired) electrons. The van der Waals surface area contributed by atoms with Crippen LogP contribution in [0.25, 0.3) is 0 Å². The van der Waals surface area contributed by atoms with E-state index in [1.807, 2.05) is 17.5 Å². The van der Waals surface area contributed by atoms with Gasteiger partial charge in [0.25, 0.3) is 5.91 Å². The van der Waals surface area contributed by atoms with Crippen LogP contribution in [0.1, 0.15) is 16.1 Å². The third kappa shape index (κ3) is 3.23. The van der Waals surface area contributed by atoms with Crippen LogP contribution in [-0.4, -0.2) is 12.5 Å². The predicted octanol–water partition coefficient (Wildman–Crippen LogP) is 0.896. The Morgan fingerprint density at radius 1 is 1.69 bits per heavy atom. The maximum absolute atomic E-state index is 11.2. The van der Waals surface area contributed by atoms with E-state index in [9.17, 15) is 4.79 Å². The van der Waals surface area contributed by atoms with Gasteiger partial charge in [-0.15, -0.1) is 11.3 Å². The van der Waals surface area contributed by atoms with Crippen molar-refractivity contribution in [3.8, 4) is 6.07 Å². The van der Waals surface area contributed by atoms with Crippen molar-refractivity contribution in [2.75, 3.05) is 6.54 Å². The van der Waals surface area contributed by atoms with E-state index < -0.39 is 0 Å². The lowest BCUT2D eigenvalue weighted by atomic mass is 10.4. The van der Waals surface area contributed by atoms with Gasteiger partial charge in [0, 0.05) is 13.0 Å². The highest BCUT2D eigenvalue weighted by atomic mass is 32.1. The molecule has 1 amide bonds. The van der Waals surface area contributed by atoms with Gasteiger partial charge in [0.2, 0.25) is 0 Å². The van der Waals surface area contributed by atoms with E-state index in [4.69, 9.17) is 5.26 Å². The largest absolute Gasteiger partial charge is 0.287 e. The van der Waals surface area contributed by atoms with Crippen LogP contribution in [0.5, 0.6) is 0 Å². The molecule has 13 heavy (non-hydrogen) atoms. The molecule has 0 aromatic carbocycles. The smallest absolute Gasteiger partial charge is 0.275 e. The molecule has 1 aromatic heterocycles. The number of nitriles is 1. The number of carbonyl (C=O) groups is 1. The first-order valence-electron chi connectivity index (χ1n) is 3.78. The number of rotatable bonds is 4. The van der Waals surface area contributed by atoms with E-state index in [0.717, 1.165) is 0 Å². The molecule has 0 spiro atoms. The van der Waals surface area contributed by atoms with Crippen molar-refractivity contribution in [2.45, 2.75) is 6.42 Å². The highest BCUT2D eigenvalue weighted by molar-refractivity contribution is 7.12. The Morgan fingerprint density at radius 3 is 3.15 bits per heavy atom. The summed E-state index contributed by atoms with van der Waals surface area (Å²) in [4.78, 5) is 11.9. The van der Waals surface area contributed by atoms with Crippen molar-refractivity contribution in [3.05, 3.63) is 22.4 Å². The number of hydrogen-bond donors (Lipinski definition) is 2. The Labute approximate surface area is 80.2 Å². The molecule has 0 fully saturated rings. The minimum Gasteiger partial charge on any atom is -0.287 e. The Bertz CT molecular complexity index is 302. The van der Waals surface area contributed by atoms with Gasteiger partial charge in [-0.25, -0.2) is 5.43 Å². The number of nitrogens with zero attached hydrogens (tertiary/aromatic N) is 1. The zero-order valence-electron chi connectivity index (χ0n) is 6.91. The number of carbonyl (C=O) groups excluding carboxylic acids is 1. The molecule has 0 aliphatic rings. The van der Waals surface area contributed by atoms with Crippen molar-refractivity contribution in [3.63, 3.8) is 0 Å². The minimum atomic E-state index is -0.159. The fraction of sp³-hybridized carbons (Fsp3) is 0.250. The topological polar surface area (TPSA) is 64.9 Å². The monoisotopic (exact) mass is 195 g/mol. The van der Waals surface area contributed by atoms with Crippen LogP contribution in [0.15, 0.2) is 17.5 Å². The van der Waals surface area contributed by atoms with E-state index in [0.29, 0.717) is 17.8 Å². The van der Waals surface area contributed by atoms with Crippen LogP contribution in [0, 0.1) is 11.3 Å². The minimum absolute atomic E-state index is 0.159. The predicted molar refractivity (Wildman–Crippen MR) is 50.0 cm³/mol. The second-order valence-corrected chi connectivity index (χ2v) is 3.21. The standard InChI is InChI=1S/C8H9N3OS/c9-4-2-5-10-11-8(12)7-3-1-6-13-7/h1,3,6,10H,2,5H2,(H,11,12). The Kier molecular flexibility index (Phi) is 3.96. The van der Waals surface area contributed by atoms with Crippen LogP contribution < -0.4 is 10.9 Å². The molecule has 4 nitrogen and oxygen atoms in total. The van der Waals surface area contributed by atoms with Gasteiger partial charge < -0.3 is 0 Å². The van der Waals surface area contributed by atoms with E-state index in [2.05, 4.69) is 10.9 Å². The fourth-order valence-corrected chi connectivity index (χ4v) is 1.35. The second kappa shape index (κ2) is 5.30. The molecule has 0 aliphatic heterocycles. The highest BCUT2D eigenvalue weighted by Gasteiger charge is 2.03. The Balaban J connectivity index is 2.24. The lowest BCUT2D eigenvalue weighted by Crippen LogP contribution is -2.37. The van der Waals surface area contributed by atoms with Crippen molar-refractivity contribution >= 4 is 17.2 Å². The lowest BCUT2D eigenvalue weighted by molar-refractivity contribution is 0.0938. The number of thiophene rings is 1. The van der Waals surface area contributed by atoms with Gasteiger partial charge >= 0.3 is 0 Å². The number of nitrogens with one attached hydrogen (secondary N) is 2. The molecule has 1 heterocycles. The van der Waals surface area contributed by atoms with Gasteiger partial charge in [0.1, 0.15) is 0 Å². The summed E-state index contributed by atoms with van der Waals surface area (Å²) in [6, 6.07) is 5.52. The first-order valence-corrected chi connectivity index (χ1v) is 4.66. The molecule has 68 valence electrons. The summed E-state index contributed by atoms with van der Waals surface area (Å²) in [5.41, 5.74) is 5.15. The highest BCUT2D eigenvalue weighted by Crippen LogP contribution is 2.06. The van der Waals surface area contributed by atoms with Gasteiger partial charge in [-0.2, -0.15) is 5.26 Å². The summed E-state index contributed by atoms with van der Waals surface area (Å²) in [7, 11) is 0. The van der Waals surface area contributed by atoms with E-state index >= 15 is 0 Å². The molecule has 0 saturated heterocycles. The van der Waals surface area contributed by atoms with Gasteiger partial charge in [0.05, 0.1) is 10.9 Å². The summed E-state index contributed by atoms with van der Waals surface area (Å²) in [5, 5.41) is 10.1. The van der Waals surface area contributed by atoms with Crippen LogP contribution in [0.4, 0.5) is 0 Å². The van der Waals surface area contributed by atoms with Crippen molar-refractivity contribution in [1.29, 1.82) is 5.26 Å². The maximum atomic E-state index is 11.2. The summed E-state index contributed by atoms with van der Waals surface area (Å²) in [6.07, 6.45) is 0.380. The van der Waals surface area contributed by atoms with E-state index in [-0.39, 0.29) is 5.91 Å². The molecule has 0 aliphatic carbocycles. The number of hydrazine groups is 1. The molecule has 0 atom stereocenters. The van der Waals surface area contributed by atoms with Crippen molar-refractivity contribution in [2.24, 2.45) is 0 Å². The molecular weight excluding hydrogens is 186 g/mol. The molecular formula is C8H9N3OS. The number of amides is 1. The molecule has 0 saturated carbocycles. The molecule has 1 aromatic rings. The van der Waals surface area contributed by atoms with Crippen molar-refractivity contribution < 1.29 is 4.79 Å². The van der Waals surface area contributed by atoms with Crippen LogP contribution in [-0.2, 0) is 0 Å². The first kappa shape index (κ1) is 9.71. The van der Waals surface area contributed by atoms with E-state index in [1.54, 1.807) is 6.07 Å². The van der Waals surface area contributed by atoms with Crippen LogP contribution >= 0.6 is 11.3 Å². The SMILES string of the molecule is N#CCCNNC(=O)c1cccs1. The molecule has 5 heteroatoms. The lowest BCUT2D eigenvalue weighted by Gasteiger charge is -2.02. The average molecular weight is 195 g/mol. The van der Waals surface area contributed by atoms with Crippen LogP contribution in [0.3, 0.4) is 0 Å². The zero-order valence-corrected chi connectivity index (χ0v) is 7.73. The summed E-state index contributed by atoms with van der Waals surface area (Å²) >= 11 is 1.38. The Hall–Kier alpha value is -1.38. The summed E-state index contributed by atoms with van der Waals surface area (Å²) < 4.78 is 0. The average Bonchev–Trinajstić information content (AvgIpc) is 2.65. The van der Waals surface area contributed by atoms with Crippen LogP contribution in [0.2, 0.25) is 0 Å². The van der Waals surface area contributed by atoms with Crippen molar-refractivity contribution in [1.82, 2.24) is 10.9 Å². The molecule has 1 rings (SSSR count). The van der Waals surface area contributed by atoms with E-state index in [1.165, 1.54) is 11.3 Å². The maximum Gasteiger partial charge on any atom is 0.275 e. The third-order valence-corrected chi connectivity index (χ3v) is 2.18. The number of hydrogen-bond acceptors (Lipinski definition) is 4. The first-order chi connectivity index (χ1) is 6.34. The van der Waals surface area contributed by atoms with Gasteiger partial charge in [0.15, 0.2) is 0 Å².